The van der Waals surface area contributed by atoms with Crippen LogP contribution in [0.15, 0.2) is 18.2 Å². The van der Waals surface area contributed by atoms with Crippen molar-refractivity contribution in [1.82, 2.24) is 0 Å². The first-order chi connectivity index (χ1) is 10.5. The summed E-state index contributed by atoms with van der Waals surface area (Å²) in [6.45, 7) is 4.65. The van der Waals surface area contributed by atoms with E-state index in [1.54, 1.807) is 12.1 Å². The average Bonchev–Trinajstić information content (AvgIpc) is 2.50. The Labute approximate surface area is 130 Å². The van der Waals surface area contributed by atoms with E-state index in [1.807, 2.05) is 13.0 Å². The molecule has 120 valence electrons. The molecule has 1 aromatic rings. The van der Waals surface area contributed by atoms with E-state index >= 15 is 0 Å². The van der Waals surface area contributed by atoms with Crippen molar-refractivity contribution in [3.8, 4) is 0 Å². The Bertz CT molecular complexity index is 554. The number of anilines is 2. The summed E-state index contributed by atoms with van der Waals surface area (Å²) in [6.07, 6.45) is 1.61. The first-order valence-corrected chi connectivity index (χ1v) is 7.50. The molecule has 0 aromatic heterocycles. The Balaban J connectivity index is 2.02. The largest absolute Gasteiger partial charge is 0.381 e. The smallest absolute Gasteiger partial charge is 0.241 e. The maximum Gasteiger partial charge on any atom is 0.241 e. The van der Waals surface area contributed by atoms with Crippen molar-refractivity contribution in [3.63, 3.8) is 0 Å². The molecule has 1 heterocycles. The second-order valence-corrected chi connectivity index (χ2v) is 5.68. The molecule has 0 aliphatic carbocycles. The molecule has 4 N–H and O–H groups in total. The van der Waals surface area contributed by atoms with Crippen molar-refractivity contribution in [2.24, 2.45) is 11.7 Å². The zero-order valence-corrected chi connectivity index (χ0v) is 13.0. The number of carbonyl (C=O) groups excluding carboxylic acids is 2. The molecule has 2 rings (SSSR count). The van der Waals surface area contributed by atoms with Crippen molar-refractivity contribution < 1.29 is 14.3 Å². The number of rotatable bonds is 4. The lowest BCUT2D eigenvalue weighted by atomic mass is 9.92. The number of hydrogen-bond donors (Lipinski definition) is 3. The molecule has 1 atom stereocenters. The molecule has 22 heavy (non-hydrogen) atoms. The Kier molecular flexibility index (Phi) is 5.51. The van der Waals surface area contributed by atoms with Crippen LogP contribution in [0.4, 0.5) is 11.4 Å². The summed E-state index contributed by atoms with van der Waals surface area (Å²) in [7, 11) is 0. The van der Waals surface area contributed by atoms with Crippen LogP contribution in [0.5, 0.6) is 0 Å². The first-order valence-electron chi connectivity index (χ1n) is 7.50. The van der Waals surface area contributed by atoms with Crippen molar-refractivity contribution in [2.45, 2.75) is 32.7 Å². The number of hydrogen-bond acceptors (Lipinski definition) is 4. The van der Waals surface area contributed by atoms with Crippen molar-refractivity contribution in [3.05, 3.63) is 23.8 Å². The molecule has 0 spiro atoms. The fourth-order valence-corrected chi connectivity index (χ4v) is 2.54. The molecule has 0 saturated carbocycles. The summed E-state index contributed by atoms with van der Waals surface area (Å²) in [5.74, 6) is -0.205. The number of amides is 2. The number of benzene rings is 1. The van der Waals surface area contributed by atoms with Crippen molar-refractivity contribution in [2.75, 3.05) is 23.8 Å². The van der Waals surface area contributed by atoms with Gasteiger partial charge in [0.15, 0.2) is 0 Å². The third kappa shape index (κ3) is 4.29. The molecular formula is C16H23N3O3. The third-order valence-corrected chi connectivity index (χ3v) is 3.89. The standard InChI is InChI=1S/C16H23N3O3/c1-10-3-4-13(9-14(10)18-11(2)20)19-16(21)15(17)12-5-7-22-8-6-12/h3-4,9,12,15H,5-8,17H2,1-2H3,(H,18,20)(H,19,21). The molecular weight excluding hydrogens is 282 g/mol. The van der Waals surface area contributed by atoms with Gasteiger partial charge in [-0.05, 0) is 43.4 Å². The van der Waals surface area contributed by atoms with Crippen LogP contribution >= 0.6 is 0 Å². The van der Waals surface area contributed by atoms with Crippen molar-refractivity contribution in [1.29, 1.82) is 0 Å². The van der Waals surface area contributed by atoms with Gasteiger partial charge in [-0.1, -0.05) is 6.07 Å². The third-order valence-electron chi connectivity index (χ3n) is 3.89. The van der Waals surface area contributed by atoms with E-state index in [-0.39, 0.29) is 17.7 Å². The van der Waals surface area contributed by atoms with Crippen LogP contribution in [0.25, 0.3) is 0 Å². The quantitative estimate of drug-likeness (QED) is 0.788. The van der Waals surface area contributed by atoms with Crippen LogP contribution in [0.1, 0.15) is 25.3 Å². The number of nitrogens with two attached hydrogens (primary N) is 1. The highest BCUT2D eigenvalue weighted by atomic mass is 16.5. The lowest BCUT2D eigenvalue weighted by Crippen LogP contribution is -2.44. The average molecular weight is 305 g/mol. The molecule has 1 aromatic carbocycles. The van der Waals surface area contributed by atoms with Crippen LogP contribution in [-0.2, 0) is 14.3 Å². The maximum atomic E-state index is 12.3. The minimum Gasteiger partial charge on any atom is -0.381 e. The molecule has 6 heteroatoms. The van der Waals surface area contributed by atoms with Crippen LogP contribution in [-0.4, -0.2) is 31.1 Å². The highest BCUT2D eigenvalue weighted by molar-refractivity contribution is 5.96. The summed E-state index contributed by atoms with van der Waals surface area (Å²) in [5, 5.41) is 5.57. The predicted molar refractivity (Wildman–Crippen MR) is 85.6 cm³/mol. The zero-order chi connectivity index (χ0) is 16.1. The van der Waals surface area contributed by atoms with E-state index in [4.69, 9.17) is 10.5 Å². The maximum absolute atomic E-state index is 12.3. The summed E-state index contributed by atoms with van der Waals surface area (Å²) in [5.41, 5.74) is 8.30. The molecule has 0 bridgehead atoms. The molecule has 1 fully saturated rings. The fraction of sp³-hybridized carbons (Fsp3) is 0.500. The highest BCUT2D eigenvalue weighted by Gasteiger charge is 2.26. The summed E-state index contributed by atoms with van der Waals surface area (Å²) >= 11 is 0. The minimum atomic E-state index is -0.547. The van der Waals surface area contributed by atoms with Crippen LogP contribution < -0.4 is 16.4 Å². The zero-order valence-electron chi connectivity index (χ0n) is 13.0. The number of carbonyl (C=O) groups is 2. The number of aryl methyl sites for hydroxylation is 1. The summed E-state index contributed by atoms with van der Waals surface area (Å²) < 4.78 is 5.29. The van der Waals surface area contributed by atoms with Gasteiger partial charge in [0, 0.05) is 31.5 Å². The van der Waals surface area contributed by atoms with Crippen LogP contribution in [0.2, 0.25) is 0 Å². The van der Waals surface area contributed by atoms with Gasteiger partial charge in [0.1, 0.15) is 0 Å². The molecule has 6 nitrogen and oxygen atoms in total. The Hall–Kier alpha value is -1.92. The van der Waals surface area contributed by atoms with Crippen molar-refractivity contribution >= 4 is 23.2 Å². The van der Waals surface area contributed by atoms with Gasteiger partial charge in [-0.2, -0.15) is 0 Å². The van der Waals surface area contributed by atoms with Crippen LogP contribution in [0.3, 0.4) is 0 Å². The molecule has 1 saturated heterocycles. The lowest BCUT2D eigenvalue weighted by molar-refractivity contribution is -0.119. The molecule has 1 aliphatic heterocycles. The summed E-state index contributed by atoms with van der Waals surface area (Å²) in [6, 6.07) is 4.84. The van der Waals surface area contributed by atoms with Gasteiger partial charge in [-0.15, -0.1) is 0 Å². The van der Waals surface area contributed by atoms with Gasteiger partial charge in [0.25, 0.3) is 0 Å². The van der Waals surface area contributed by atoms with Gasteiger partial charge in [0.2, 0.25) is 11.8 Å². The van der Waals surface area contributed by atoms with Gasteiger partial charge in [-0.3, -0.25) is 9.59 Å². The van der Waals surface area contributed by atoms with E-state index < -0.39 is 6.04 Å². The van der Waals surface area contributed by atoms with E-state index in [1.165, 1.54) is 6.92 Å². The topological polar surface area (TPSA) is 93.5 Å². The monoisotopic (exact) mass is 305 g/mol. The number of nitrogens with one attached hydrogen (secondary N) is 2. The Morgan fingerprint density at radius 3 is 2.59 bits per heavy atom. The van der Waals surface area contributed by atoms with Crippen LogP contribution in [0, 0.1) is 12.8 Å². The van der Waals surface area contributed by atoms with Gasteiger partial charge < -0.3 is 21.1 Å². The van der Waals surface area contributed by atoms with Gasteiger partial charge in [-0.25, -0.2) is 0 Å². The highest BCUT2D eigenvalue weighted by Crippen LogP contribution is 2.22. The predicted octanol–water partition coefficient (Wildman–Crippen LogP) is 1.65. The van der Waals surface area contributed by atoms with E-state index in [0.29, 0.717) is 24.6 Å². The second-order valence-electron chi connectivity index (χ2n) is 5.68. The minimum absolute atomic E-state index is 0.147. The van der Waals surface area contributed by atoms with E-state index in [2.05, 4.69) is 10.6 Å². The number of ether oxygens (including phenoxy) is 1. The molecule has 1 aliphatic rings. The van der Waals surface area contributed by atoms with E-state index in [0.717, 1.165) is 18.4 Å². The molecule has 0 radical (unpaired) electrons. The summed E-state index contributed by atoms with van der Waals surface area (Å²) in [4.78, 5) is 23.4. The van der Waals surface area contributed by atoms with E-state index in [9.17, 15) is 9.59 Å². The lowest BCUT2D eigenvalue weighted by Gasteiger charge is -2.26. The SMILES string of the molecule is CC(=O)Nc1cc(NC(=O)C(N)C2CCOCC2)ccc1C. The normalized spacial score (nSPS) is 16.9. The Morgan fingerprint density at radius 1 is 1.27 bits per heavy atom. The second kappa shape index (κ2) is 7.38. The van der Waals surface area contributed by atoms with Gasteiger partial charge >= 0.3 is 0 Å². The van der Waals surface area contributed by atoms with Gasteiger partial charge in [0.05, 0.1) is 6.04 Å². The first kappa shape index (κ1) is 16.5. The fourth-order valence-electron chi connectivity index (χ4n) is 2.54. The molecule has 2 amide bonds. The molecule has 1 unspecified atom stereocenters. The Morgan fingerprint density at radius 2 is 1.95 bits per heavy atom.